The number of hydrogen-bond acceptors (Lipinski definition) is 4. The number of benzene rings is 2. The van der Waals surface area contributed by atoms with Crippen LogP contribution < -0.4 is 10.9 Å². The molecule has 0 spiro atoms. The highest BCUT2D eigenvalue weighted by Crippen LogP contribution is 2.21. The fraction of sp³-hybridized carbons (Fsp3) is 0.100. The highest BCUT2D eigenvalue weighted by Gasteiger charge is 2.14. The monoisotopic (exact) mass is 411 g/mol. The maximum Gasteiger partial charge on any atom is 0.264 e. The van der Waals surface area contributed by atoms with Crippen molar-refractivity contribution in [1.29, 1.82) is 0 Å². The Kier molecular flexibility index (Phi) is 4.85. The molecule has 0 atom stereocenters. The predicted octanol–water partition coefficient (Wildman–Crippen LogP) is 3.32. The maximum atomic E-state index is 13.0. The minimum absolute atomic E-state index is 0.236. The summed E-state index contributed by atoms with van der Waals surface area (Å²) in [5, 5.41) is 7.70. The Labute approximate surface area is 169 Å². The third kappa shape index (κ3) is 3.74. The number of hydrogen-bond donors (Lipinski definition) is 1. The summed E-state index contributed by atoms with van der Waals surface area (Å²) in [6, 6.07) is 10.7. The second kappa shape index (κ2) is 7.48. The number of halogens is 2. The Bertz CT molecular complexity index is 1280. The Morgan fingerprint density at radius 2 is 1.97 bits per heavy atom. The lowest BCUT2D eigenvalue weighted by Gasteiger charge is -2.09. The average molecular weight is 412 g/mol. The van der Waals surface area contributed by atoms with E-state index in [0.29, 0.717) is 22.0 Å². The van der Waals surface area contributed by atoms with Crippen LogP contribution in [0.4, 0.5) is 10.1 Å². The molecule has 0 saturated carbocycles. The van der Waals surface area contributed by atoms with E-state index in [4.69, 9.17) is 11.6 Å². The lowest BCUT2D eigenvalue weighted by molar-refractivity contribution is -0.116. The van der Waals surface area contributed by atoms with Gasteiger partial charge in [0.2, 0.25) is 5.91 Å². The maximum absolute atomic E-state index is 13.0. The van der Waals surface area contributed by atoms with Crippen LogP contribution in [0.3, 0.4) is 0 Å². The van der Waals surface area contributed by atoms with E-state index in [2.05, 4.69) is 15.4 Å². The molecule has 146 valence electrons. The van der Waals surface area contributed by atoms with E-state index in [0.717, 1.165) is 5.56 Å². The number of carbonyl (C=O) groups excluding carboxylic acids is 1. The van der Waals surface area contributed by atoms with E-state index in [1.54, 1.807) is 16.8 Å². The van der Waals surface area contributed by atoms with Crippen molar-refractivity contribution in [3.05, 3.63) is 81.7 Å². The third-order valence-electron chi connectivity index (χ3n) is 4.40. The minimum atomic E-state index is -0.432. The first-order valence-corrected chi connectivity index (χ1v) is 9.05. The zero-order valence-electron chi connectivity index (χ0n) is 15.3. The van der Waals surface area contributed by atoms with Crippen molar-refractivity contribution >= 4 is 34.2 Å². The van der Waals surface area contributed by atoms with Gasteiger partial charge < -0.3 is 5.32 Å². The number of nitrogens with zero attached hydrogens (tertiary/aromatic N) is 4. The summed E-state index contributed by atoms with van der Waals surface area (Å²) in [6.07, 6.45) is 2.71. The van der Waals surface area contributed by atoms with Gasteiger partial charge in [-0.1, -0.05) is 17.7 Å². The van der Waals surface area contributed by atoms with Gasteiger partial charge in [-0.25, -0.2) is 14.1 Å². The molecule has 0 fully saturated rings. The first-order chi connectivity index (χ1) is 13.9. The third-order valence-corrected chi connectivity index (χ3v) is 4.63. The fourth-order valence-electron chi connectivity index (χ4n) is 2.94. The molecule has 0 radical (unpaired) electrons. The predicted molar refractivity (Wildman–Crippen MR) is 108 cm³/mol. The highest BCUT2D eigenvalue weighted by atomic mass is 35.5. The quantitative estimate of drug-likeness (QED) is 0.558. The Morgan fingerprint density at radius 1 is 1.21 bits per heavy atom. The number of carbonyl (C=O) groups is 1. The van der Waals surface area contributed by atoms with Crippen LogP contribution in [0.2, 0.25) is 5.02 Å². The molecule has 0 saturated heterocycles. The van der Waals surface area contributed by atoms with Crippen LogP contribution in [0.15, 0.2) is 59.8 Å². The zero-order chi connectivity index (χ0) is 20.5. The van der Waals surface area contributed by atoms with Crippen LogP contribution >= 0.6 is 11.6 Å². The lowest BCUT2D eigenvalue weighted by atomic mass is 10.2. The molecule has 29 heavy (non-hydrogen) atoms. The molecule has 7 nitrogen and oxygen atoms in total. The molecule has 2 aromatic heterocycles. The molecule has 1 N–H and O–H groups in total. The van der Waals surface area contributed by atoms with Crippen molar-refractivity contribution in [3.8, 4) is 5.69 Å². The van der Waals surface area contributed by atoms with Crippen LogP contribution in [-0.2, 0) is 11.3 Å². The molecule has 0 aliphatic rings. The molecule has 4 rings (SSSR count). The van der Waals surface area contributed by atoms with Gasteiger partial charge in [-0.3, -0.25) is 14.2 Å². The first kappa shape index (κ1) is 18.8. The average Bonchev–Trinajstić information content (AvgIpc) is 3.12. The number of fused-ring (bicyclic) bond motifs is 1. The highest BCUT2D eigenvalue weighted by molar-refractivity contribution is 6.30. The summed E-state index contributed by atoms with van der Waals surface area (Å²) in [7, 11) is 0. The molecule has 0 aliphatic heterocycles. The molecule has 0 aliphatic carbocycles. The van der Waals surface area contributed by atoms with Gasteiger partial charge >= 0.3 is 0 Å². The van der Waals surface area contributed by atoms with Crippen LogP contribution in [0.1, 0.15) is 5.56 Å². The van der Waals surface area contributed by atoms with E-state index in [9.17, 15) is 14.0 Å². The summed E-state index contributed by atoms with van der Waals surface area (Å²) in [5.41, 5.74) is 2.05. The molecule has 9 heteroatoms. The summed E-state index contributed by atoms with van der Waals surface area (Å²) in [4.78, 5) is 29.3. The van der Waals surface area contributed by atoms with Crippen molar-refractivity contribution in [2.45, 2.75) is 13.5 Å². The van der Waals surface area contributed by atoms with Crippen molar-refractivity contribution in [1.82, 2.24) is 19.3 Å². The van der Waals surface area contributed by atoms with Gasteiger partial charge in [0, 0.05) is 10.7 Å². The molecular formula is C20H15ClFN5O2. The van der Waals surface area contributed by atoms with Crippen LogP contribution in [0, 0.1) is 12.7 Å². The van der Waals surface area contributed by atoms with Crippen LogP contribution in [0.5, 0.6) is 0 Å². The van der Waals surface area contributed by atoms with Gasteiger partial charge in [0.1, 0.15) is 24.1 Å². The van der Waals surface area contributed by atoms with Gasteiger partial charge in [-0.2, -0.15) is 5.10 Å². The van der Waals surface area contributed by atoms with Crippen molar-refractivity contribution in [2.75, 3.05) is 5.32 Å². The number of anilines is 1. The van der Waals surface area contributed by atoms with Gasteiger partial charge in [-0.15, -0.1) is 0 Å². The van der Waals surface area contributed by atoms with Gasteiger partial charge in [0.15, 0.2) is 5.65 Å². The lowest BCUT2D eigenvalue weighted by Crippen LogP contribution is -2.27. The summed E-state index contributed by atoms with van der Waals surface area (Å²) >= 11 is 6.08. The molecule has 0 unspecified atom stereocenters. The number of aromatic nitrogens is 4. The molecule has 2 heterocycles. The molecular weight excluding hydrogens is 397 g/mol. The van der Waals surface area contributed by atoms with Crippen LogP contribution in [-0.4, -0.2) is 25.2 Å². The van der Waals surface area contributed by atoms with E-state index in [1.807, 2.05) is 13.0 Å². The normalized spacial score (nSPS) is 11.0. The van der Waals surface area contributed by atoms with E-state index >= 15 is 0 Å². The second-order valence-corrected chi connectivity index (χ2v) is 6.89. The molecule has 0 bridgehead atoms. The Morgan fingerprint density at radius 3 is 2.72 bits per heavy atom. The number of nitrogens with one attached hydrogen (secondary N) is 1. The smallest absolute Gasteiger partial charge is 0.264 e. The van der Waals surface area contributed by atoms with Gasteiger partial charge in [0.05, 0.1) is 11.9 Å². The Balaban J connectivity index is 1.63. The summed E-state index contributed by atoms with van der Waals surface area (Å²) in [6.45, 7) is 1.67. The standard InChI is InChI=1S/C20H15ClFN5O2/c1-12-2-3-13(21)8-17(12)27-19-16(9-24-27)20(29)26(11-23-19)10-18(28)25-15-6-4-14(22)5-7-15/h2-9,11H,10H2,1H3,(H,25,28). The molecule has 4 aromatic rings. The molecule has 1 amide bonds. The van der Waals surface area contributed by atoms with Crippen molar-refractivity contribution in [3.63, 3.8) is 0 Å². The number of amides is 1. The second-order valence-electron chi connectivity index (χ2n) is 6.46. The van der Waals surface area contributed by atoms with Crippen molar-refractivity contribution in [2.24, 2.45) is 0 Å². The summed E-state index contributed by atoms with van der Waals surface area (Å²) < 4.78 is 15.7. The Hall–Kier alpha value is -3.52. The number of aryl methyl sites for hydroxylation is 1. The van der Waals surface area contributed by atoms with Gasteiger partial charge in [-0.05, 0) is 48.9 Å². The first-order valence-electron chi connectivity index (χ1n) is 8.67. The van der Waals surface area contributed by atoms with Gasteiger partial charge in [0.25, 0.3) is 5.56 Å². The van der Waals surface area contributed by atoms with Crippen LogP contribution in [0.25, 0.3) is 16.7 Å². The fourth-order valence-corrected chi connectivity index (χ4v) is 3.10. The minimum Gasteiger partial charge on any atom is -0.325 e. The van der Waals surface area contributed by atoms with Crippen molar-refractivity contribution < 1.29 is 9.18 Å². The largest absolute Gasteiger partial charge is 0.325 e. The summed E-state index contributed by atoms with van der Waals surface area (Å²) in [5.74, 6) is -0.834. The number of rotatable bonds is 4. The SMILES string of the molecule is Cc1ccc(Cl)cc1-n1ncc2c(=O)n(CC(=O)Nc3ccc(F)cc3)cnc21. The van der Waals surface area contributed by atoms with E-state index < -0.39 is 17.3 Å². The zero-order valence-corrected chi connectivity index (χ0v) is 16.0. The molecule has 2 aromatic carbocycles. The van der Waals surface area contributed by atoms with E-state index in [1.165, 1.54) is 41.4 Å². The van der Waals surface area contributed by atoms with E-state index in [-0.39, 0.29) is 11.9 Å². The topological polar surface area (TPSA) is 81.8 Å².